The zero-order valence-corrected chi connectivity index (χ0v) is 17.4. The van der Waals surface area contributed by atoms with Gasteiger partial charge in [-0.2, -0.15) is 10.4 Å². The third-order valence-electron chi connectivity index (χ3n) is 5.42. The number of nitriles is 1. The molecule has 0 spiro atoms. The summed E-state index contributed by atoms with van der Waals surface area (Å²) < 4.78 is 6.72. The number of amides is 1. The van der Waals surface area contributed by atoms with Crippen LogP contribution in [-0.4, -0.2) is 58.9 Å². The molecule has 0 aliphatic carbocycles. The molecular formula is C22H22N6O3. The molecule has 1 aliphatic heterocycles. The third kappa shape index (κ3) is 3.68. The maximum absolute atomic E-state index is 13.3. The number of pyridine rings is 1. The Morgan fingerprint density at radius 1 is 1.19 bits per heavy atom. The van der Waals surface area contributed by atoms with E-state index in [4.69, 9.17) is 10.00 Å². The summed E-state index contributed by atoms with van der Waals surface area (Å²) in [6.07, 6.45) is 1.51. The van der Waals surface area contributed by atoms with Crippen LogP contribution in [-0.2, 0) is 6.54 Å². The van der Waals surface area contributed by atoms with Crippen molar-refractivity contribution < 1.29 is 9.53 Å². The topological polar surface area (TPSA) is 104 Å². The lowest BCUT2D eigenvalue weighted by Crippen LogP contribution is -2.49. The highest BCUT2D eigenvalue weighted by atomic mass is 16.5. The SMILES string of the molecule is CCn1nc(C(=O)N2CCN(c3ncc(C#N)cc3OC)CC2)c2ccccc2c1=O. The van der Waals surface area contributed by atoms with Crippen molar-refractivity contribution in [3.63, 3.8) is 0 Å². The molecule has 31 heavy (non-hydrogen) atoms. The summed E-state index contributed by atoms with van der Waals surface area (Å²) in [4.78, 5) is 34.0. The summed E-state index contributed by atoms with van der Waals surface area (Å²) in [6, 6.07) is 10.8. The van der Waals surface area contributed by atoms with E-state index in [0.29, 0.717) is 66.3 Å². The van der Waals surface area contributed by atoms with Crippen LogP contribution in [0.15, 0.2) is 41.3 Å². The van der Waals surface area contributed by atoms with Gasteiger partial charge in [-0.05, 0) is 13.0 Å². The number of methoxy groups -OCH3 is 1. The molecule has 0 bridgehead atoms. The zero-order valence-electron chi connectivity index (χ0n) is 17.4. The van der Waals surface area contributed by atoms with Gasteiger partial charge in [0, 0.05) is 50.4 Å². The quantitative estimate of drug-likeness (QED) is 0.634. The minimum Gasteiger partial charge on any atom is -0.493 e. The number of aromatic nitrogens is 3. The molecule has 9 heteroatoms. The molecule has 2 aromatic heterocycles. The molecule has 0 radical (unpaired) electrons. The van der Waals surface area contributed by atoms with E-state index >= 15 is 0 Å². The summed E-state index contributed by atoms with van der Waals surface area (Å²) >= 11 is 0. The fourth-order valence-electron chi connectivity index (χ4n) is 3.76. The van der Waals surface area contributed by atoms with Gasteiger partial charge < -0.3 is 14.5 Å². The van der Waals surface area contributed by atoms with Gasteiger partial charge in [-0.1, -0.05) is 18.2 Å². The Kier molecular flexibility index (Phi) is 5.54. The predicted molar refractivity (Wildman–Crippen MR) is 115 cm³/mol. The summed E-state index contributed by atoms with van der Waals surface area (Å²) in [6.45, 7) is 4.30. The molecule has 1 amide bonds. The van der Waals surface area contributed by atoms with Crippen LogP contribution in [0.3, 0.4) is 0 Å². The number of piperazine rings is 1. The van der Waals surface area contributed by atoms with Gasteiger partial charge in [0.25, 0.3) is 11.5 Å². The molecule has 0 N–H and O–H groups in total. The van der Waals surface area contributed by atoms with Gasteiger partial charge in [0.1, 0.15) is 6.07 Å². The van der Waals surface area contributed by atoms with Crippen LogP contribution >= 0.6 is 0 Å². The molecule has 1 fully saturated rings. The third-order valence-corrected chi connectivity index (χ3v) is 5.42. The fraction of sp³-hybridized carbons (Fsp3) is 0.318. The molecule has 1 aliphatic rings. The Bertz CT molecular complexity index is 1240. The Morgan fingerprint density at radius 2 is 1.90 bits per heavy atom. The average Bonchev–Trinajstić information content (AvgIpc) is 2.83. The van der Waals surface area contributed by atoms with Crippen LogP contribution in [0, 0.1) is 11.3 Å². The maximum Gasteiger partial charge on any atom is 0.275 e. The van der Waals surface area contributed by atoms with Crippen molar-refractivity contribution in [3.8, 4) is 11.8 Å². The van der Waals surface area contributed by atoms with Gasteiger partial charge in [0.05, 0.1) is 18.1 Å². The van der Waals surface area contributed by atoms with Crippen molar-refractivity contribution >= 4 is 22.5 Å². The molecule has 1 aromatic carbocycles. The van der Waals surface area contributed by atoms with Crippen molar-refractivity contribution in [1.82, 2.24) is 19.7 Å². The molecule has 9 nitrogen and oxygen atoms in total. The summed E-state index contributed by atoms with van der Waals surface area (Å²) in [5, 5.41) is 14.5. The van der Waals surface area contributed by atoms with Crippen molar-refractivity contribution in [2.75, 3.05) is 38.2 Å². The highest BCUT2D eigenvalue weighted by Gasteiger charge is 2.27. The first kappa shape index (κ1) is 20.3. The lowest BCUT2D eigenvalue weighted by atomic mass is 10.1. The first-order valence-electron chi connectivity index (χ1n) is 10.1. The number of hydrogen-bond donors (Lipinski definition) is 0. The molecule has 1 saturated heterocycles. The van der Waals surface area contributed by atoms with Gasteiger partial charge in [-0.3, -0.25) is 9.59 Å². The molecule has 0 saturated carbocycles. The van der Waals surface area contributed by atoms with Crippen molar-refractivity contribution in [2.45, 2.75) is 13.5 Å². The smallest absolute Gasteiger partial charge is 0.275 e. The number of benzene rings is 1. The van der Waals surface area contributed by atoms with Crippen LogP contribution in [0.1, 0.15) is 23.0 Å². The van der Waals surface area contributed by atoms with Crippen LogP contribution in [0.5, 0.6) is 5.75 Å². The van der Waals surface area contributed by atoms with E-state index in [-0.39, 0.29) is 11.5 Å². The standard InChI is InChI=1S/C22H22N6O3/c1-3-28-21(29)17-7-5-4-6-16(17)19(25-28)22(30)27-10-8-26(9-11-27)20-18(31-2)12-15(13-23)14-24-20/h4-7,12,14H,3,8-11H2,1-2H3. The van der Waals surface area contributed by atoms with Gasteiger partial charge in [-0.15, -0.1) is 0 Å². The molecule has 0 atom stereocenters. The predicted octanol–water partition coefficient (Wildman–Crippen LogP) is 1.65. The van der Waals surface area contributed by atoms with E-state index in [1.54, 1.807) is 42.3 Å². The van der Waals surface area contributed by atoms with Crippen LogP contribution in [0.25, 0.3) is 10.8 Å². The number of aryl methyl sites for hydroxylation is 1. The number of fused-ring (bicyclic) bond motifs is 1. The first-order valence-corrected chi connectivity index (χ1v) is 10.1. The summed E-state index contributed by atoms with van der Waals surface area (Å²) in [5.41, 5.74) is 0.524. The van der Waals surface area contributed by atoms with E-state index in [0.717, 1.165) is 0 Å². The molecule has 0 unspecified atom stereocenters. The van der Waals surface area contributed by atoms with E-state index < -0.39 is 0 Å². The maximum atomic E-state index is 13.3. The van der Waals surface area contributed by atoms with E-state index in [2.05, 4.69) is 16.2 Å². The number of carbonyl (C=O) groups excluding carboxylic acids is 1. The molecular weight excluding hydrogens is 396 g/mol. The minimum absolute atomic E-state index is 0.196. The number of hydrogen-bond acceptors (Lipinski definition) is 7. The Balaban J connectivity index is 1.58. The lowest BCUT2D eigenvalue weighted by Gasteiger charge is -2.35. The van der Waals surface area contributed by atoms with Gasteiger partial charge in [0.2, 0.25) is 0 Å². The second kappa shape index (κ2) is 8.44. The van der Waals surface area contributed by atoms with E-state index in [1.807, 2.05) is 11.8 Å². The minimum atomic E-state index is -0.196. The number of carbonyl (C=O) groups is 1. The van der Waals surface area contributed by atoms with Gasteiger partial charge >= 0.3 is 0 Å². The van der Waals surface area contributed by atoms with Crippen molar-refractivity contribution in [2.24, 2.45) is 0 Å². The number of nitrogens with zero attached hydrogens (tertiary/aromatic N) is 6. The Morgan fingerprint density at radius 3 is 2.55 bits per heavy atom. The number of ether oxygens (including phenoxy) is 1. The second-order valence-corrected chi connectivity index (χ2v) is 7.16. The van der Waals surface area contributed by atoms with Crippen LogP contribution in [0.2, 0.25) is 0 Å². The van der Waals surface area contributed by atoms with Crippen molar-refractivity contribution in [1.29, 1.82) is 5.26 Å². The summed E-state index contributed by atoms with van der Waals surface area (Å²) in [5.74, 6) is 0.982. The molecule has 4 rings (SSSR count). The van der Waals surface area contributed by atoms with Crippen molar-refractivity contribution in [3.05, 3.63) is 58.1 Å². The monoisotopic (exact) mass is 418 g/mol. The van der Waals surface area contributed by atoms with Gasteiger partial charge in [-0.25, -0.2) is 9.67 Å². The van der Waals surface area contributed by atoms with E-state index in [1.165, 1.54) is 10.9 Å². The second-order valence-electron chi connectivity index (χ2n) is 7.16. The lowest BCUT2D eigenvalue weighted by molar-refractivity contribution is 0.0740. The highest BCUT2D eigenvalue weighted by molar-refractivity contribution is 6.04. The fourth-order valence-corrected chi connectivity index (χ4v) is 3.76. The molecule has 3 heterocycles. The average molecular weight is 418 g/mol. The first-order chi connectivity index (χ1) is 15.1. The summed E-state index contributed by atoms with van der Waals surface area (Å²) in [7, 11) is 1.54. The van der Waals surface area contributed by atoms with E-state index in [9.17, 15) is 9.59 Å². The number of rotatable bonds is 4. The normalized spacial score (nSPS) is 13.8. The Hall–Kier alpha value is -3.93. The van der Waals surface area contributed by atoms with Crippen LogP contribution in [0.4, 0.5) is 5.82 Å². The molecule has 158 valence electrons. The zero-order chi connectivity index (χ0) is 22.0. The van der Waals surface area contributed by atoms with Gasteiger partial charge in [0.15, 0.2) is 17.3 Å². The highest BCUT2D eigenvalue weighted by Crippen LogP contribution is 2.27. The Labute approximate surface area is 179 Å². The largest absolute Gasteiger partial charge is 0.493 e. The molecule has 3 aromatic rings. The van der Waals surface area contributed by atoms with Crippen LogP contribution < -0.4 is 15.2 Å². The number of anilines is 1.